The van der Waals surface area contributed by atoms with Crippen LogP contribution in [-0.4, -0.2) is 32.4 Å². The fourth-order valence-corrected chi connectivity index (χ4v) is 3.87. The van der Waals surface area contributed by atoms with Gasteiger partial charge in [-0.2, -0.15) is 0 Å². The minimum atomic E-state index is -1.48. The fourth-order valence-electron chi connectivity index (χ4n) is 3.87. The van der Waals surface area contributed by atoms with Gasteiger partial charge in [-0.15, -0.1) is 0 Å². The summed E-state index contributed by atoms with van der Waals surface area (Å²) in [6, 6.07) is 10.2. The maximum atomic E-state index is 14.2. The van der Waals surface area contributed by atoms with Gasteiger partial charge in [-0.05, 0) is 68.7 Å². The summed E-state index contributed by atoms with van der Waals surface area (Å²) in [6.07, 6.45) is 0.677. The minimum Gasteiger partial charge on any atom is -0.497 e. The number of ether oxygens (including phenoxy) is 3. The Morgan fingerprint density at radius 2 is 1.70 bits per heavy atom. The average molecular weight is 419 g/mol. The molecule has 1 atom stereocenters. The molecule has 1 N–H and O–H groups in total. The van der Waals surface area contributed by atoms with E-state index in [9.17, 15) is 13.6 Å². The first-order chi connectivity index (χ1) is 14.3. The number of nitrogens with one attached hydrogen (secondary N) is 1. The lowest BCUT2D eigenvalue weighted by Crippen LogP contribution is -2.53. The summed E-state index contributed by atoms with van der Waals surface area (Å²) in [6.45, 7) is 4.38. The van der Waals surface area contributed by atoms with E-state index in [-0.39, 0.29) is 11.5 Å². The molecule has 0 unspecified atom stereocenters. The van der Waals surface area contributed by atoms with Gasteiger partial charge in [-0.25, -0.2) is 13.6 Å². The van der Waals surface area contributed by atoms with Crippen molar-refractivity contribution in [2.24, 2.45) is 5.92 Å². The second kappa shape index (κ2) is 9.43. The van der Waals surface area contributed by atoms with E-state index < -0.39 is 29.2 Å². The summed E-state index contributed by atoms with van der Waals surface area (Å²) in [5.41, 5.74) is -0.688. The van der Waals surface area contributed by atoms with E-state index in [1.807, 2.05) is 0 Å². The number of anilines is 1. The maximum Gasteiger partial charge on any atom is 0.337 e. The van der Waals surface area contributed by atoms with Crippen LogP contribution in [0.25, 0.3) is 0 Å². The van der Waals surface area contributed by atoms with E-state index in [0.717, 1.165) is 6.07 Å². The fraction of sp³-hybridized carbons (Fsp3) is 0.435. The molecule has 0 spiro atoms. The quantitative estimate of drug-likeness (QED) is 0.662. The molecule has 1 saturated heterocycles. The molecule has 1 fully saturated rings. The Bertz CT molecular complexity index is 846. The molecule has 162 valence electrons. The van der Waals surface area contributed by atoms with E-state index in [2.05, 4.69) is 5.32 Å². The Kier molecular flexibility index (Phi) is 6.92. The van der Waals surface area contributed by atoms with Gasteiger partial charge in [0.25, 0.3) is 0 Å². The molecule has 0 bridgehead atoms. The molecule has 2 aromatic rings. The highest BCUT2D eigenvalue weighted by Gasteiger charge is 2.50. The van der Waals surface area contributed by atoms with Crippen molar-refractivity contribution >= 4 is 11.7 Å². The molecule has 3 rings (SSSR count). The zero-order valence-corrected chi connectivity index (χ0v) is 17.4. The molecule has 0 aromatic heterocycles. The topological polar surface area (TPSA) is 56.8 Å². The molecular formula is C23H27F2NO4. The summed E-state index contributed by atoms with van der Waals surface area (Å²) in [7, 11) is 1.56. The van der Waals surface area contributed by atoms with Crippen molar-refractivity contribution in [2.45, 2.75) is 38.3 Å². The predicted octanol–water partition coefficient (Wildman–Crippen LogP) is 4.66. The third-order valence-electron chi connectivity index (χ3n) is 5.25. The zero-order valence-electron chi connectivity index (χ0n) is 17.4. The van der Waals surface area contributed by atoms with E-state index in [0.29, 0.717) is 37.5 Å². The van der Waals surface area contributed by atoms with E-state index in [4.69, 9.17) is 14.2 Å². The van der Waals surface area contributed by atoms with E-state index >= 15 is 0 Å². The van der Waals surface area contributed by atoms with Crippen LogP contribution in [0.15, 0.2) is 42.5 Å². The van der Waals surface area contributed by atoms with Crippen LogP contribution in [0.2, 0.25) is 0 Å². The molecule has 0 radical (unpaired) electrons. The van der Waals surface area contributed by atoms with Gasteiger partial charge in [-0.1, -0.05) is 0 Å². The summed E-state index contributed by atoms with van der Waals surface area (Å²) in [5.74, 6) is -1.73. The van der Waals surface area contributed by atoms with Gasteiger partial charge in [0, 0.05) is 30.9 Å². The first kappa shape index (κ1) is 22.0. The van der Waals surface area contributed by atoms with Crippen LogP contribution in [0.1, 0.15) is 32.3 Å². The van der Waals surface area contributed by atoms with Crippen LogP contribution < -0.4 is 10.1 Å². The SMILES string of the molecule is COc1ccc(N[C@](C(=O)OC(C)C)(c2cc(F)cc(F)c2)C2CCOCC2)cc1. The van der Waals surface area contributed by atoms with E-state index in [1.54, 1.807) is 45.2 Å². The smallest absolute Gasteiger partial charge is 0.337 e. The molecule has 2 aromatic carbocycles. The highest BCUT2D eigenvalue weighted by Crippen LogP contribution is 2.41. The van der Waals surface area contributed by atoms with Crippen molar-refractivity contribution < 1.29 is 27.8 Å². The van der Waals surface area contributed by atoms with Crippen molar-refractivity contribution in [1.82, 2.24) is 0 Å². The molecule has 0 aliphatic carbocycles. The number of hydrogen-bond acceptors (Lipinski definition) is 5. The summed E-state index contributed by atoms with van der Waals surface area (Å²) in [5, 5.41) is 3.27. The molecular weight excluding hydrogens is 392 g/mol. The molecule has 5 nitrogen and oxygen atoms in total. The van der Waals surface area contributed by atoms with Crippen molar-refractivity contribution in [3.05, 3.63) is 59.7 Å². The summed E-state index contributed by atoms with van der Waals surface area (Å²) < 4.78 is 44.7. The molecule has 1 aliphatic heterocycles. The second-order valence-electron chi connectivity index (χ2n) is 7.66. The third kappa shape index (κ3) is 4.73. The maximum absolute atomic E-state index is 14.2. The molecule has 0 amide bonds. The van der Waals surface area contributed by atoms with Crippen molar-refractivity contribution in [3.63, 3.8) is 0 Å². The van der Waals surface area contributed by atoms with Gasteiger partial charge in [0.2, 0.25) is 0 Å². The van der Waals surface area contributed by atoms with Crippen LogP contribution in [0.3, 0.4) is 0 Å². The lowest BCUT2D eigenvalue weighted by molar-refractivity contribution is -0.157. The van der Waals surface area contributed by atoms with Crippen LogP contribution in [0.4, 0.5) is 14.5 Å². The molecule has 1 aliphatic rings. The first-order valence-electron chi connectivity index (χ1n) is 10.0. The number of halogens is 2. The normalized spacial score (nSPS) is 16.7. The van der Waals surface area contributed by atoms with Gasteiger partial charge >= 0.3 is 5.97 Å². The Hall–Kier alpha value is -2.67. The van der Waals surface area contributed by atoms with Crippen molar-refractivity contribution in [1.29, 1.82) is 0 Å². The van der Waals surface area contributed by atoms with Crippen LogP contribution in [0.5, 0.6) is 5.75 Å². The lowest BCUT2D eigenvalue weighted by Gasteiger charge is -2.42. The van der Waals surface area contributed by atoms with Gasteiger partial charge in [0.15, 0.2) is 5.54 Å². The largest absolute Gasteiger partial charge is 0.497 e. The second-order valence-corrected chi connectivity index (χ2v) is 7.66. The molecule has 7 heteroatoms. The van der Waals surface area contributed by atoms with Crippen molar-refractivity contribution in [3.8, 4) is 5.75 Å². The number of hydrogen-bond donors (Lipinski definition) is 1. The molecule has 0 saturated carbocycles. The number of carbonyl (C=O) groups excluding carboxylic acids is 1. The number of carbonyl (C=O) groups is 1. The highest BCUT2D eigenvalue weighted by molar-refractivity contribution is 5.87. The predicted molar refractivity (Wildman–Crippen MR) is 109 cm³/mol. The van der Waals surface area contributed by atoms with Crippen LogP contribution in [-0.2, 0) is 19.8 Å². The zero-order chi connectivity index (χ0) is 21.7. The summed E-state index contributed by atoms with van der Waals surface area (Å²) in [4.78, 5) is 13.5. The van der Waals surface area contributed by atoms with Crippen LogP contribution >= 0.6 is 0 Å². The third-order valence-corrected chi connectivity index (χ3v) is 5.25. The number of benzene rings is 2. The number of rotatable bonds is 7. The minimum absolute atomic E-state index is 0.188. The number of methoxy groups -OCH3 is 1. The Balaban J connectivity index is 2.16. The summed E-state index contributed by atoms with van der Waals surface area (Å²) >= 11 is 0. The molecule has 30 heavy (non-hydrogen) atoms. The van der Waals surface area contributed by atoms with Gasteiger partial charge < -0.3 is 19.5 Å². The number of esters is 1. The average Bonchev–Trinajstić information content (AvgIpc) is 2.72. The van der Waals surface area contributed by atoms with Gasteiger partial charge in [0.1, 0.15) is 17.4 Å². The van der Waals surface area contributed by atoms with Gasteiger partial charge in [0.05, 0.1) is 13.2 Å². The van der Waals surface area contributed by atoms with Crippen molar-refractivity contribution in [2.75, 3.05) is 25.6 Å². The monoisotopic (exact) mass is 419 g/mol. The first-order valence-corrected chi connectivity index (χ1v) is 10.0. The lowest BCUT2D eigenvalue weighted by atomic mass is 9.73. The highest BCUT2D eigenvalue weighted by atomic mass is 19.1. The Labute approximate surface area is 175 Å². The van der Waals surface area contributed by atoms with E-state index in [1.165, 1.54) is 12.1 Å². The Morgan fingerprint density at radius 1 is 1.10 bits per heavy atom. The molecule has 1 heterocycles. The standard InChI is InChI=1S/C23H27F2NO4/c1-15(2)30-22(27)23(16-8-10-29-11-9-16,17-12-18(24)14-19(25)13-17)26-20-4-6-21(28-3)7-5-20/h4-7,12-16,26H,8-11H2,1-3H3/t23-/m0/s1. The van der Waals surface area contributed by atoms with Crippen LogP contribution in [0, 0.1) is 17.6 Å². The van der Waals surface area contributed by atoms with Gasteiger partial charge in [-0.3, -0.25) is 0 Å². The Morgan fingerprint density at radius 3 is 2.23 bits per heavy atom.